The third kappa shape index (κ3) is 1.58. The van der Waals surface area contributed by atoms with Gasteiger partial charge in [-0.25, -0.2) is 9.61 Å². The quantitative estimate of drug-likeness (QED) is 0.706. The van der Waals surface area contributed by atoms with E-state index < -0.39 is 0 Å². The van der Waals surface area contributed by atoms with Crippen LogP contribution in [0.3, 0.4) is 0 Å². The summed E-state index contributed by atoms with van der Waals surface area (Å²) in [5, 5.41) is 11.3. The molecule has 3 rings (SSSR count). The molecule has 1 N–H and O–H groups in total. The smallest absolute Gasteiger partial charge is 0.196 e. The van der Waals surface area contributed by atoms with Crippen LogP contribution in [0.1, 0.15) is 0 Å². The first-order chi connectivity index (χ1) is 7.92. The zero-order valence-corrected chi connectivity index (χ0v) is 8.29. The lowest BCUT2D eigenvalue weighted by Gasteiger charge is -2.02. The summed E-state index contributed by atoms with van der Waals surface area (Å²) in [5.74, 6) is 1.26. The summed E-state index contributed by atoms with van der Waals surface area (Å²) in [5.41, 5.74) is 0.934. The van der Waals surface area contributed by atoms with Gasteiger partial charge in [-0.15, -0.1) is 0 Å². The van der Waals surface area contributed by atoms with Crippen LogP contribution in [0.2, 0.25) is 0 Å². The molecule has 16 heavy (non-hydrogen) atoms. The summed E-state index contributed by atoms with van der Waals surface area (Å²) in [4.78, 5) is 4.43. The van der Waals surface area contributed by atoms with Crippen molar-refractivity contribution >= 4 is 22.5 Å². The van der Waals surface area contributed by atoms with Crippen molar-refractivity contribution in [1.29, 1.82) is 0 Å². The summed E-state index contributed by atoms with van der Waals surface area (Å²) in [6.45, 7) is 0. The number of hydrogen-bond donors (Lipinski definition) is 1. The van der Waals surface area contributed by atoms with Crippen LogP contribution in [0.25, 0.3) is 10.9 Å². The van der Waals surface area contributed by atoms with Crippen LogP contribution in [-0.2, 0) is 0 Å². The van der Waals surface area contributed by atoms with Crippen LogP contribution in [0.15, 0.2) is 47.2 Å². The SMILES string of the molecule is c1ccc2nc(Nc3cnon3)ccc2c1. The Bertz CT molecular complexity index is 606. The highest BCUT2D eigenvalue weighted by Crippen LogP contribution is 2.16. The second-order valence-corrected chi connectivity index (χ2v) is 3.31. The van der Waals surface area contributed by atoms with Gasteiger partial charge in [-0.05, 0) is 23.4 Å². The van der Waals surface area contributed by atoms with Gasteiger partial charge in [0.15, 0.2) is 5.82 Å². The molecular formula is C11H8N4O. The first kappa shape index (κ1) is 8.84. The van der Waals surface area contributed by atoms with Gasteiger partial charge >= 0.3 is 0 Å². The molecule has 2 aromatic heterocycles. The van der Waals surface area contributed by atoms with Gasteiger partial charge in [0.1, 0.15) is 12.0 Å². The highest BCUT2D eigenvalue weighted by molar-refractivity contribution is 5.80. The Kier molecular flexibility index (Phi) is 2.00. The second-order valence-electron chi connectivity index (χ2n) is 3.31. The number of pyridine rings is 1. The number of hydrogen-bond acceptors (Lipinski definition) is 5. The molecule has 1 aromatic carbocycles. The van der Waals surface area contributed by atoms with E-state index in [4.69, 9.17) is 0 Å². The molecule has 0 saturated heterocycles. The highest BCUT2D eigenvalue weighted by Gasteiger charge is 2.00. The van der Waals surface area contributed by atoms with Crippen molar-refractivity contribution in [3.8, 4) is 0 Å². The van der Waals surface area contributed by atoms with Crippen LogP contribution >= 0.6 is 0 Å². The molecule has 0 unspecified atom stereocenters. The average molecular weight is 212 g/mol. The molecule has 5 heteroatoms. The van der Waals surface area contributed by atoms with E-state index in [0.29, 0.717) is 5.82 Å². The zero-order valence-electron chi connectivity index (χ0n) is 8.29. The van der Waals surface area contributed by atoms with E-state index in [1.165, 1.54) is 6.20 Å². The first-order valence-electron chi connectivity index (χ1n) is 4.82. The normalized spacial score (nSPS) is 10.5. The standard InChI is InChI=1S/C11H8N4O/c1-2-4-9-8(3-1)5-6-10(13-9)14-11-7-12-16-15-11/h1-7H,(H,13,14,15). The Morgan fingerprint density at radius 2 is 1.94 bits per heavy atom. The van der Waals surface area contributed by atoms with Crippen molar-refractivity contribution in [2.24, 2.45) is 0 Å². The van der Waals surface area contributed by atoms with E-state index in [0.717, 1.165) is 16.7 Å². The summed E-state index contributed by atoms with van der Waals surface area (Å²) < 4.78 is 4.48. The lowest BCUT2D eigenvalue weighted by Crippen LogP contribution is -1.93. The van der Waals surface area contributed by atoms with E-state index in [1.807, 2.05) is 36.4 Å². The van der Waals surface area contributed by atoms with Crippen molar-refractivity contribution in [3.63, 3.8) is 0 Å². The molecule has 0 aliphatic rings. The lowest BCUT2D eigenvalue weighted by atomic mass is 10.2. The predicted molar refractivity (Wildman–Crippen MR) is 59.3 cm³/mol. The fraction of sp³-hybridized carbons (Fsp3) is 0. The number of fused-ring (bicyclic) bond motifs is 1. The molecule has 2 heterocycles. The maximum atomic E-state index is 4.48. The number of anilines is 2. The van der Waals surface area contributed by atoms with E-state index in [-0.39, 0.29) is 0 Å². The minimum absolute atomic E-state index is 0.544. The third-order valence-electron chi connectivity index (χ3n) is 2.22. The predicted octanol–water partition coefficient (Wildman–Crippen LogP) is 2.36. The molecule has 5 nitrogen and oxygen atoms in total. The fourth-order valence-corrected chi connectivity index (χ4v) is 1.49. The monoisotopic (exact) mass is 212 g/mol. The van der Waals surface area contributed by atoms with Crippen LogP contribution in [0, 0.1) is 0 Å². The van der Waals surface area contributed by atoms with Gasteiger partial charge in [0.25, 0.3) is 0 Å². The molecule has 78 valence electrons. The molecule has 0 amide bonds. The number of para-hydroxylation sites is 1. The largest absolute Gasteiger partial charge is 0.321 e. The number of rotatable bonds is 2. The van der Waals surface area contributed by atoms with Gasteiger partial charge in [0.2, 0.25) is 0 Å². The molecule has 0 aliphatic carbocycles. The van der Waals surface area contributed by atoms with Crippen molar-refractivity contribution in [1.82, 2.24) is 15.3 Å². The molecular weight excluding hydrogens is 204 g/mol. The van der Waals surface area contributed by atoms with Gasteiger partial charge in [-0.2, -0.15) is 0 Å². The summed E-state index contributed by atoms with van der Waals surface area (Å²) in [7, 11) is 0. The Morgan fingerprint density at radius 1 is 1.00 bits per heavy atom. The summed E-state index contributed by atoms with van der Waals surface area (Å²) in [6.07, 6.45) is 1.50. The summed E-state index contributed by atoms with van der Waals surface area (Å²) in [6, 6.07) is 11.8. The number of benzene rings is 1. The topological polar surface area (TPSA) is 63.8 Å². The van der Waals surface area contributed by atoms with E-state index in [1.54, 1.807) is 0 Å². The van der Waals surface area contributed by atoms with Crippen molar-refractivity contribution < 1.29 is 4.63 Å². The van der Waals surface area contributed by atoms with Gasteiger partial charge in [-0.3, -0.25) is 0 Å². The maximum absolute atomic E-state index is 4.48. The van der Waals surface area contributed by atoms with Crippen molar-refractivity contribution in [2.45, 2.75) is 0 Å². The Balaban J connectivity index is 1.99. The first-order valence-corrected chi connectivity index (χ1v) is 4.82. The maximum Gasteiger partial charge on any atom is 0.196 e. The van der Waals surface area contributed by atoms with Crippen LogP contribution in [0.4, 0.5) is 11.6 Å². The van der Waals surface area contributed by atoms with Gasteiger partial charge in [0, 0.05) is 5.39 Å². The zero-order chi connectivity index (χ0) is 10.8. The minimum atomic E-state index is 0.544. The van der Waals surface area contributed by atoms with Crippen LogP contribution in [-0.4, -0.2) is 15.3 Å². The Hall–Kier alpha value is -2.43. The number of nitrogens with zero attached hydrogens (tertiary/aromatic N) is 3. The number of nitrogens with one attached hydrogen (secondary N) is 1. The van der Waals surface area contributed by atoms with Gasteiger partial charge in [0.05, 0.1) is 5.52 Å². The average Bonchev–Trinajstić information content (AvgIpc) is 2.82. The van der Waals surface area contributed by atoms with Crippen molar-refractivity contribution in [3.05, 3.63) is 42.6 Å². The van der Waals surface area contributed by atoms with Gasteiger partial charge < -0.3 is 5.32 Å². The molecule has 0 fully saturated rings. The van der Waals surface area contributed by atoms with Crippen molar-refractivity contribution in [2.75, 3.05) is 5.32 Å². The molecule has 0 saturated carbocycles. The molecule has 0 spiro atoms. The third-order valence-corrected chi connectivity index (χ3v) is 2.22. The molecule has 3 aromatic rings. The molecule has 0 bridgehead atoms. The van der Waals surface area contributed by atoms with Crippen LogP contribution < -0.4 is 5.32 Å². The minimum Gasteiger partial charge on any atom is -0.321 e. The lowest BCUT2D eigenvalue weighted by molar-refractivity contribution is 0.308. The van der Waals surface area contributed by atoms with E-state index in [9.17, 15) is 0 Å². The molecule has 0 aliphatic heterocycles. The highest BCUT2D eigenvalue weighted by atomic mass is 16.6. The molecule has 0 radical (unpaired) electrons. The molecule has 0 atom stereocenters. The Labute approximate surface area is 91.1 Å². The van der Waals surface area contributed by atoms with E-state index >= 15 is 0 Å². The van der Waals surface area contributed by atoms with E-state index in [2.05, 4.69) is 25.2 Å². The van der Waals surface area contributed by atoms with Gasteiger partial charge in [-0.1, -0.05) is 23.4 Å². The summed E-state index contributed by atoms with van der Waals surface area (Å²) >= 11 is 0. The fourth-order valence-electron chi connectivity index (χ4n) is 1.49. The van der Waals surface area contributed by atoms with Crippen LogP contribution in [0.5, 0.6) is 0 Å². The Morgan fingerprint density at radius 3 is 2.81 bits per heavy atom. The number of aromatic nitrogens is 3. The second kappa shape index (κ2) is 3.62.